The van der Waals surface area contributed by atoms with Crippen LogP contribution in [0.3, 0.4) is 0 Å². The molecule has 1 aromatic heterocycles. The first-order valence-electron chi connectivity index (χ1n) is 11.8. The van der Waals surface area contributed by atoms with Crippen molar-refractivity contribution in [1.82, 2.24) is 4.98 Å². The molecule has 194 valence electrons. The van der Waals surface area contributed by atoms with Gasteiger partial charge in [0.2, 0.25) is 5.88 Å². The summed E-state index contributed by atoms with van der Waals surface area (Å²) in [6.07, 6.45) is -1.11. The summed E-state index contributed by atoms with van der Waals surface area (Å²) in [6, 6.07) is 9.00. The summed E-state index contributed by atoms with van der Waals surface area (Å²) in [5.74, 6) is -0.262. The van der Waals surface area contributed by atoms with E-state index >= 15 is 0 Å². The van der Waals surface area contributed by atoms with Gasteiger partial charge in [-0.2, -0.15) is 28.4 Å². The van der Waals surface area contributed by atoms with Gasteiger partial charge in [0.15, 0.2) is 5.13 Å². The first-order chi connectivity index (χ1) is 17.6. The van der Waals surface area contributed by atoms with E-state index in [0.717, 1.165) is 18.1 Å². The number of aromatic nitrogens is 1. The number of rotatable bonds is 5. The van der Waals surface area contributed by atoms with E-state index in [0.29, 0.717) is 52.1 Å². The van der Waals surface area contributed by atoms with Crippen LogP contribution in [-0.2, 0) is 12.6 Å². The normalized spacial score (nSPS) is 20.1. The van der Waals surface area contributed by atoms with Crippen LogP contribution >= 0.6 is 22.9 Å². The molecule has 1 saturated heterocycles. The summed E-state index contributed by atoms with van der Waals surface area (Å²) in [7, 11) is 0. The highest BCUT2D eigenvalue weighted by molar-refractivity contribution is 7.17. The van der Waals surface area contributed by atoms with Gasteiger partial charge in [0.25, 0.3) is 0 Å². The molecule has 0 radical (unpaired) electrons. The summed E-state index contributed by atoms with van der Waals surface area (Å²) in [4.78, 5) is 6.66. The molecule has 2 N–H and O–H groups in total. The Bertz CT molecular complexity index is 1500. The van der Waals surface area contributed by atoms with Gasteiger partial charge in [0.1, 0.15) is 0 Å². The van der Waals surface area contributed by atoms with Gasteiger partial charge in [0, 0.05) is 30.1 Å². The molecule has 0 amide bonds. The van der Waals surface area contributed by atoms with Gasteiger partial charge in [0.05, 0.1) is 27.6 Å². The zero-order valence-corrected chi connectivity index (χ0v) is 21.5. The summed E-state index contributed by atoms with van der Waals surface area (Å²) in [5.41, 5.74) is -0.433. The average Bonchev–Trinajstić information content (AvgIpc) is 3.49. The molecule has 5 rings (SSSR count). The molecule has 0 aliphatic carbocycles. The molecular weight excluding hydrogens is 525 g/mol. The van der Waals surface area contributed by atoms with E-state index < -0.39 is 17.3 Å². The molecule has 0 spiro atoms. The molecule has 1 unspecified atom stereocenters. The number of thiazole rings is 1. The first-order valence-corrected chi connectivity index (χ1v) is 13.0. The lowest BCUT2D eigenvalue weighted by Gasteiger charge is -2.38. The summed E-state index contributed by atoms with van der Waals surface area (Å²) in [6.45, 7) is 2.96. The van der Waals surface area contributed by atoms with Gasteiger partial charge in [-0.1, -0.05) is 42.0 Å². The van der Waals surface area contributed by atoms with Gasteiger partial charge in [-0.25, -0.2) is 0 Å². The lowest BCUT2D eigenvalue weighted by Crippen LogP contribution is -2.47. The molecule has 3 aromatic rings. The fourth-order valence-electron chi connectivity index (χ4n) is 4.76. The van der Waals surface area contributed by atoms with Crippen LogP contribution in [0, 0.1) is 0 Å². The Labute approximate surface area is 220 Å². The van der Waals surface area contributed by atoms with Crippen molar-refractivity contribution >= 4 is 39.9 Å². The number of piperidine rings is 1. The summed E-state index contributed by atoms with van der Waals surface area (Å²) < 4.78 is 41.7. The number of hydrogen-bond donors (Lipinski definition) is 2. The smallest absolute Gasteiger partial charge is 0.416 e. The van der Waals surface area contributed by atoms with E-state index in [1.807, 2.05) is 11.8 Å². The largest absolute Gasteiger partial charge is 0.492 e. The molecule has 2 aliphatic heterocycles. The lowest BCUT2D eigenvalue weighted by atomic mass is 9.91. The van der Waals surface area contributed by atoms with E-state index in [-0.39, 0.29) is 22.9 Å². The maximum absolute atomic E-state index is 13.9. The van der Waals surface area contributed by atoms with Crippen molar-refractivity contribution in [3.63, 3.8) is 0 Å². The van der Waals surface area contributed by atoms with Gasteiger partial charge in [-0.3, -0.25) is 0 Å². The van der Waals surface area contributed by atoms with Gasteiger partial charge in [-0.15, -0.1) is 0 Å². The van der Waals surface area contributed by atoms with Crippen molar-refractivity contribution in [2.24, 2.45) is 10.2 Å². The van der Waals surface area contributed by atoms with Crippen molar-refractivity contribution in [2.75, 3.05) is 18.0 Å². The molecule has 11 heteroatoms. The molecular formula is C26H24ClF3N4O2S. The second kappa shape index (κ2) is 9.74. The van der Waals surface area contributed by atoms with Crippen molar-refractivity contribution in [1.29, 1.82) is 0 Å². The number of anilines is 1. The zero-order valence-electron chi connectivity index (χ0n) is 19.9. The summed E-state index contributed by atoms with van der Waals surface area (Å²) in [5, 5.41) is 31.5. The maximum atomic E-state index is 13.9. The Morgan fingerprint density at radius 1 is 1.22 bits per heavy atom. The third kappa shape index (κ3) is 5.23. The van der Waals surface area contributed by atoms with E-state index in [2.05, 4.69) is 15.2 Å². The Kier molecular flexibility index (Phi) is 6.76. The number of aromatic hydroxyl groups is 1. The Morgan fingerprint density at radius 2 is 2.03 bits per heavy atom. The van der Waals surface area contributed by atoms with Crippen LogP contribution in [0.15, 0.2) is 46.6 Å². The topological polar surface area (TPSA) is 81.3 Å². The van der Waals surface area contributed by atoms with Gasteiger partial charge < -0.3 is 15.1 Å². The number of nitrogens with zero attached hydrogens (tertiary/aromatic N) is 4. The second-order valence-electron chi connectivity index (χ2n) is 9.32. The van der Waals surface area contributed by atoms with Crippen LogP contribution in [0.1, 0.15) is 47.8 Å². The summed E-state index contributed by atoms with van der Waals surface area (Å²) >= 11 is 7.10. The number of benzene rings is 2. The predicted molar refractivity (Wildman–Crippen MR) is 138 cm³/mol. The molecule has 37 heavy (non-hydrogen) atoms. The number of hydrogen-bond acceptors (Lipinski definition) is 7. The van der Waals surface area contributed by atoms with Crippen molar-refractivity contribution in [2.45, 2.75) is 44.4 Å². The predicted octanol–water partition coefficient (Wildman–Crippen LogP) is 4.67. The van der Waals surface area contributed by atoms with Gasteiger partial charge in [-0.05, 0) is 59.9 Å². The molecule has 1 fully saturated rings. The Morgan fingerprint density at radius 3 is 2.78 bits per heavy atom. The van der Waals surface area contributed by atoms with E-state index in [1.165, 1.54) is 23.5 Å². The van der Waals surface area contributed by atoms with E-state index in [9.17, 15) is 23.4 Å². The standard InChI is InChI=1S/C26H24ClF3N4O2S/c1-2-25(36)8-3-9-34(14-25)24-32-23(35)22(37-24)19(15-5-7-21-17(10-15)13-31-33-21)11-16-4-6-18(27)12-20(16)26(28,29)30/h4-7,10,12-13,35-36H,2-3,8-9,11,14H2,1H3. The molecule has 0 bridgehead atoms. The zero-order chi connectivity index (χ0) is 26.4. The fourth-order valence-corrected chi connectivity index (χ4v) is 5.98. The van der Waals surface area contributed by atoms with Crippen LogP contribution in [-0.4, -0.2) is 40.1 Å². The fraction of sp³-hybridized carbons (Fsp3) is 0.346. The first kappa shape index (κ1) is 25.7. The molecule has 2 aliphatic rings. The lowest BCUT2D eigenvalue weighted by molar-refractivity contribution is -0.138. The van der Waals surface area contributed by atoms with Crippen LogP contribution in [0.5, 0.6) is 5.88 Å². The van der Waals surface area contributed by atoms with Crippen molar-refractivity contribution in [3.8, 4) is 5.88 Å². The highest BCUT2D eigenvalue weighted by Gasteiger charge is 2.35. The minimum Gasteiger partial charge on any atom is -0.492 e. The number of aliphatic hydroxyl groups is 1. The minimum atomic E-state index is -4.60. The number of fused-ring (bicyclic) bond motifs is 1. The number of halogens is 4. The van der Waals surface area contributed by atoms with Crippen LogP contribution in [0.4, 0.5) is 18.3 Å². The SMILES string of the molecule is CCC1(O)CCCN(c2nc(O)c(C(Cc3ccc(Cl)cc3C(F)(F)F)=c3ccc4c(c3)C=NN=4)s2)C1. The Hall–Kier alpha value is -2.95. The van der Waals surface area contributed by atoms with Crippen LogP contribution in [0.2, 0.25) is 5.02 Å². The molecule has 2 aromatic carbocycles. The third-order valence-electron chi connectivity index (χ3n) is 6.84. The molecule has 0 saturated carbocycles. The quantitative estimate of drug-likeness (QED) is 0.485. The van der Waals surface area contributed by atoms with E-state index in [4.69, 9.17) is 11.6 Å². The number of alkyl halides is 3. The molecule has 3 heterocycles. The van der Waals surface area contributed by atoms with E-state index in [1.54, 1.807) is 24.4 Å². The van der Waals surface area contributed by atoms with Crippen molar-refractivity contribution in [3.05, 3.63) is 73.6 Å². The van der Waals surface area contributed by atoms with Crippen molar-refractivity contribution < 1.29 is 23.4 Å². The average molecular weight is 549 g/mol. The highest BCUT2D eigenvalue weighted by atomic mass is 35.5. The third-order valence-corrected chi connectivity index (χ3v) is 8.24. The minimum absolute atomic E-state index is 0.00980. The molecule has 6 nitrogen and oxygen atoms in total. The highest BCUT2D eigenvalue weighted by Crippen LogP contribution is 2.40. The maximum Gasteiger partial charge on any atom is 0.416 e. The monoisotopic (exact) mass is 548 g/mol. The molecule has 1 atom stereocenters. The Balaban J connectivity index is 1.64. The number of β-amino-alcohol motifs (C(OH)–C–C–N with tert-alkyl or cyclic N) is 1. The van der Waals surface area contributed by atoms with Gasteiger partial charge >= 0.3 is 6.18 Å². The van der Waals surface area contributed by atoms with Crippen LogP contribution in [0.25, 0.3) is 5.57 Å². The van der Waals surface area contributed by atoms with Crippen LogP contribution < -0.4 is 15.5 Å². The second-order valence-corrected chi connectivity index (χ2v) is 10.7.